The molecule has 1 fully saturated rings. The maximum absolute atomic E-state index is 13.0. The van der Waals surface area contributed by atoms with Crippen molar-refractivity contribution in [2.24, 2.45) is 0 Å². The van der Waals surface area contributed by atoms with E-state index < -0.39 is 0 Å². The Morgan fingerprint density at radius 1 is 1.00 bits per heavy atom. The van der Waals surface area contributed by atoms with Crippen molar-refractivity contribution in [1.82, 2.24) is 14.6 Å². The Labute approximate surface area is 145 Å². The third-order valence-electron chi connectivity index (χ3n) is 4.36. The van der Waals surface area contributed by atoms with Crippen molar-refractivity contribution >= 4 is 10.9 Å². The third kappa shape index (κ3) is 3.26. The molecule has 1 N–H and O–H groups in total. The summed E-state index contributed by atoms with van der Waals surface area (Å²) < 4.78 is 6.94. The van der Waals surface area contributed by atoms with Crippen LogP contribution in [-0.4, -0.2) is 47.5 Å². The van der Waals surface area contributed by atoms with Crippen LogP contribution < -0.4 is 11.0 Å². The van der Waals surface area contributed by atoms with Gasteiger partial charge in [-0.2, -0.15) is 0 Å². The summed E-state index contributed by atoms with van der Waals surface area (Å²) in [5.74, 6) is 0.623. The summed E-state index contributed by atoms with van der Waals surface area (Å²) >= 11 is 0. The molecule has 1 saturated heterocycles. The number of ether oxygens (including phenoxy) is 1. The molecule has 1 aliphatic heterocycles. The molecule has 25 heavy (non-hydrogen) atoms. The third-order valence-corrected chi connectivity index (χ3v) is 4.36. The first-order chi connectivity index (χ1) is 12.3. The van der Waals surface area contributed by atoms with Gasteiger partial charge >= 0.3 is 0 Å². The quantitative estimate of drug-likeness (QED) is 0.788. The van der Waals surface area contributed by atoms with E-state index in [4.69, 9.17) is 9.72 Å². The van der Waals surface area contributed by atoms with Gasteiger partial charge in [0.15, 0.2) is 5.82 Å². The minimum atomic E-state index is -0.0855. The molecule has 4 rings (SSSR count). The highest BCUT2D eigenvalue weighted by atomic mass is 16.5. The maximum Gasteiger partial charge on any atom is 0.280 e. The fourth-order valence-electron chi connectivity index (χ4n) is 2.99. The van der Waals surface area contributed by atoms with Crippen LogP contribution in [0.5, 0.6) is 0 Å². The molecule has 0 saturated carbocycles. The van der Waals surface area contributed by atoms with E-state index in [0.29, 0.717) is 23.4 Å². The molecule has 0 aliphatic carbocycles. The highest BCUT2D eigenvalue weighted by Crippen LogP contribution is 2.17. The van der Waals surface area contributed by atoms with Crippen LogP contribution in [0.3, 0.4) is 0 Å². The summed E-state index contributed by atoms with van der Waals surface area (Å²) in [6, 6.07) is 17.2. The zero-order valence-corrected chi connectivity index (χ0v) is 13.9. The summed E-state index contributed by atoms with van der Waals surface area (Å²) in [5.41, 5.74) is 4.78. The van der Waals surface area contributed by atoms with Crippen molar-refractivity contribution in [3.8, 4) is 11.4 Å². The Bertz CT molecular complexity index is 918. The number of aromatic nitrogens is 2. The van der Waals surface area contributed by atoms with Crippen LogP contribution in [0.4, 0.5) is 0 Å². The van der Waals surface area contributed by atoms with Crippen LogP contribution in [0.25, 0.3) is 22.3 Å². The van der Waals surface area contributed by atoms with Crippen LogP contribution in [0.2, 0.25) is 0 Å². The van der Waals surface area contributed by atoms with Crippen LogP contribution in [0, 0.1) is 0 Å². The van der Waals surface area contributed by atoms with Gasteiger partial charge in [-0.25, -0.2) is 9.66 Å². The van der Waals surface area contributed by atoms with Gasteiger partial charge < -0.3 is 10.2 Å². The molecule has 1 aromatic heterocycles. The average Bonchev–Trinajstić information content (AvgIpc) is 2.69. The molecular formula is C19H20N4O2. The van der Waals surface area contributed by atoms with E-state index in [9.17, 15) is 4.79 Å². The van der Waals surface area contributed by atoms with E-state index in [1.54, 1.807) is 4.68 Å². The fraction of sp³-hybridized carbons (Fsp3) is 0.263. The van der Waals surface area contributed by atoms with E-state index in [0.717, 1.165) is 31.9 Å². The monoisotopic (exact) mass is 336 g/mol. The van der Waals surface area contributed by atoms with E-state index in [1.165, 1.54) is 0 Å². The second-order valence-electron chi connectivity index (χ2n) is 6.01. The lowest BCUT2D eigenvalue weighted by Gasteiger charge is -2.27. The Morgan fingerprint density at radius 2 is 1.72 bits per heavy atom. The molecule has 0 spiro atoms. The highest BCUT2D eigenvalue weighted by molar-refractivity contribution is 5.79. The summed E-state index contributed by atoms with van der Waals surface area (Å²) in [4.78, 5) is 20.0. The Kier molecular flexibility index (Phi) is 4.45. The first-order valence-corrected chi connectivity index (χ1v) is 8.44. The number of para-hydroxylation sites is 1. The Hall–Kier alpha value is -2.70. The summed E-state index contributed by atoms with van der Waals surface area (Å²) in [6.45, 7) is 3.71. The van der Waals surface area contributed by atoms with Gasteiger partial charge in [0.05, 0.1) is 30.8 Å². The van der Waals surface area contributed by atoms with Crippen molar-refractivity contribution in [3.63, 3.8) is 0 Å². The molecule has 0 atom stereocenters. The van der Waals surface area contributed by atoms with Crippen LogP contribution >= 0.6 is 0 Å². The lowest BCUT2D eigenvalue weighted by atomic mass is 10.2. The van der Waals surface area contributed by atoms with Crippen molar-refractivity contribution in [2.45, 2.75) is 0 Å². The van der Waals surface area contributed by atoms with E-state index in [-0.39, 0.29) is 5.56 Å². The Morgan fingerprint density at radius 3 is 2.52 bits per heavy atom. The number of hydrogen-bond acceptors (Lipinski definition) is 5. The number of fused-ring (bicyclic) bond motifs is 1. The molecular weight excluding hydrogens is 316 g/mol. The molecule has 0 amide bonds. The first-order valence-electron chi connectivity index (χ1n) is 8.44. The minimum absolute atomic E-state index is 0.0855. The second kappa shape index (κ2) is 7.04. The average molecular weight is 336 g/mol. The maximum atomic E-state index is 13.0. The standard InChI is InChI=1S/C19H20N4O2/c24-19-16-8-4-5-9-17(16)21-18(15-6-2-1-3-7-15)23(19)20-14-22-10-12-25-13-11-22/h1-9,20H,10-14H2. The van der Waals surface area contributed by atoms with Gasteiger partial charge in [-0.15, -0.1) is 0 Å². The van der Waals surface area contributed by atoms with Gasteiger partial charge in [0.2, 0.25) is 0 Å². The molecule has 0 bridgehead atoms. The SMILES string of the molecule is O=c1c2ccccc2nc(-c2ccccc2)n1NCN1CCOCC1. The summed E-state index contributed by atoms with van der Waals surface area (Å²) in [6.07, 6.45) is 0. The molecule has 128 valence electrons. The molecule has 2 aromatic carbocycles. The topological polar surface area (TPSA) is 59.4 Å². The fourth-order valence-corrected chi connectivity index (χ4v) is 2.99. The zero-order valence-electron chi connectivity index (χ0n) is 13.9. The highest BCUT2D eigenvalue weighted by Gasteiger charge is 2.14. The predicted octanol–water partition coefficient (Wildman–Crippen LogP) is 1.90. The number of benzene rings is 2. The van der Waals surface area contributed by atoms with E-state index in [1.807, 2.05) is 54.6 Å². The molecule has 0 unspecified atom stereocenters. The first kappa shape index (κ1) is 15.8. The van der Waals surface area contributed by atoms with Gasteiger partial charge in [0.1, 0.15) is 0 Å². The normalized spacial score (nSPS) is 15.4. The van der Waals surface area contributed by atoms with Crippen molar-refractivity contribution < 1.29 is 4.74 Å². The lowest BCUT2D eigenvalue weighted by Crippen LogP contribution is -2.43. The van der Waals surface area contributed by atoms with Gasteiger partial charge in [0.25, 0.3) is 5.56 Å². The smallest absolute Gasteiger partial charge is 0.280 e. The van der Waals surface area contributed by atoms with Crippen molar-refractivity contribution in [1.29, 1.82) is 0 Å². The van der Waals surface area contributed by atoms with Crippen LogP contribution in [0.1, 0.15) is 0 Å². The number of nitrogens with zero attached hydrogens (tertiary/aromatic N) is 3. The molecule has 0 radical (unpaired) electrons. The number of morpholine rings is 1. The molecule has 3 aromatic rings. The number of nitrogens with one attached hydrogen (secondary N) is 1. The van der Waals surface area contributed by atoms with Crippen molar-refractivity contribution in [2.75, 3.05) is 38.4 Å². The number of rotatable bonds is 4. The van der Waals surface area contributed by atoms with Gasteiger partial charge in [-0.05, 0) is 12.1 Å². The zero-order chi connectivity index (χ0) is 17.1. The van der Waals surface area contributed by atoms with Crippen molar-refractivity contribution in [3.05, 3.63) is 65.0 Å². The van der Waals surface area contributed by atoms with Crippen LogP contribution in [-0.2, 0) is 4.74 Å². The summed E-state index contributed by atoms with van der Waals surface area (Å²) in [7, 11) is 0. The number of hydrogen-bond donors (Lipinski definition) is 1. The van der Waals surface area contributed by atoms with Gasteiger partial charge in [0, 0.05) is 18.7 Å². The summed E-state index contributed by atoms with van der Waals surface area (Å²) in [5, 5.41) is 0.608. The van der Waals surface area contributed by atoms with Crippen LogP contribution in [0.15, 0.2) is 59.4 Å². The van der Waals surface area contributed by atoms with E-state index in [2.05, 4.69) is 10.3 Å². The van der Waals surface area contributed by atoms with E-state index >= 15 is 0 Å². The Balaban J connectivity index is 1.76. The van der Waals surface area contributed by atoms with Gasteiger partial charge in [-0.3, -0.25) is 9.69 Å². The molecule has 6 heteroatoms. The molecule has 1 aliphatic rings. The lowest BCUT2D eigenvalue weighted by molar-refractivity contribution is 0.0400. The molecule has 6 nitrogen and oxygen atoms in total. The van der Waals surface area contributed by atoms with Gasteiger partial charge in [-0.1, -0.05) is 42.5 Å². The predicted molar refractivity (Wildman–Crippen MR) is 98.1 cm³/mol. The molecule has 2 heterocycles. The second-order valence-corrected chi connectivity index (χ2v) is 6.01. The minimum Gasteiger partial charge on any atom is -0.379 e. The largest absolute Gasteiger partial charge is 0.379 e.